The number of hydrogen-bond donors (Lipinski definition) is 1. The third-order valence-electron chi connectivity index (χ3n) is 2.89. The van der Waals surface area contributed by atoms with Crippen LogP contribution in [0.4, 0.5) is 0 Å². The second-order valence-electron chi connectivity index (χ2n) is 4.39. The highest BCUT2D eigenvalue weighted by Gasteiger charge is 2.07. The van der Waals surface area contributed by atoms with Crippen molar-refractivity contribution in [3.05, 3.63) is 48.0 Å². The SMILES string of the molecule is C=CCCOCCNCc1ccccc1CC(=O)OC. The van der Waals surface area contributed by atoms with E-state index in [-0.39, 0.29) is 5.97 Å². The lowest BCUT2D eigenvalue weighted by molar-refractivity contribution is -0.139. The molecule has 0 unspecified atom stereocenters. The van der Waals surface area contributed by atoms with Gasteiger partial charge in [0.1, 0.15) is 0 Å². The van der Waals surface area contributed by atoms with E-state index >= 15 is 0 Å². The molecule has 0 amide bonds. The molecular weight excluding hydrogens is 254 g/mol. The number of esters is 1. The van der Waals surface area contributed by atoms with Crippen LogP contribution in [0.25, 0.3) is 0 Å². The highest BCUT2D eigenvalue weighted by atomic mass is 16.5. The zero-order valence-electron chi connectivity index (χ0n) is 12.1. The number of rotatable bonds is 10. The van der Waals surface area contributed by atoms with Gasteiger partial charge in [0.2, 0.25) is 0 Å². The fraction of sp³-hybridized carbons (Fsp3) is 0.438. The van der Waals surface area contributed by atoms with E-state index in [4.69, 9.17) is 9.47 Å². The molecule has 1 aromatic rings. The van der Waals surface area contributed by atoms with Crippen molar-refractivity contribution < 1.29 is 14.3 Å². The summed E-state index contributed by atoms with van der Waals surface area (Å²) in [6, 6.07) is 7.87. The van der Waals surface area contributed by atoms with Crippen LogP contribution in [0.3, 0.4) is 0 Å². The summed E-state index contributed by atoms with van der Waals surface area (Å²) in [7, 11) is 1.41. The van der Waals surface area contributed by atoms with Crippen molar-refractivity contribution >= 4 is 5.97 Å². The van der Waals surface area contributed by atoms with Crippen LogP contribution in [0.2, 0.25) is 0 Å². The first-order chi connectivity index (χ1) is 9.77. The van der Waals surface area contributed by atoms with Crippen LogP contribution >= 0.6 is 0 Å². The first kappa shape index (κ1) is 16.4. The number of nitrogens with one attached hydrogen (secondary N) is 1. The van der Waals surface area contributed by atoms with Gasteiger partial charge in [0.15, 0.2) is 0 Å². The zero-order chi connectivity index (χ0) is 14.6. The lowest BCUT2D eigenvalue weighted by Crippen LogP contribution is -2.20. The Bertz CT molecular complexity index is 418. The predicted molar refractivity (Wildman–Crippen MR) is 79.5 cm³/mol. The Morgan fingerprint density at radius 1 is 1.30 bits per heavy atom. The van der Waals surface area contributed by atoms with Gasteiger partial charge >= 0.3 is 5.97 Å². The minimum Gasteiger partial charge on any atom is -0.469 e. The fourth-order valence-corrected chi connectivity index (χ4v) is 1.77. The maximum Gasteiger partial charge on any atom is 0.309 e. The molecule has 0 fully saturated rings. The molecule has 20 heavy (non-hydrogen) atoms. The number of carbonyl (C=O) groups excluding carboxylic acids is 1. The van der Waals surface area contributed by atoms with E-state index in [0.29, 0.717) is 19.6 Å². The van der Waals surface area contributed by atoms with Crippen molar-refractivity contribution in [2.24, 2.45) is 0 Å². The number of carbonyl (C=O) groups is 1. The highest BCUT2D eigenvalue weighted by molar-refractivity contribution is 5.72. The van der Waals surface area contributed by atoms with Gasteiger partial charge in [0.05, 0.1) is 26.7 Å². The molecular formula is C16H23NO3. The molecule has 0 heterocycles. The minimum absolute atomic E-state index is 0.217. The smallest absolute Gasteiger partial charge is 0.309 e. The third kappa shape index (κ3) is 6.50. The molecule has 1 rings (SSSR count). The molecule has 0 aromatic heterocycles. The molecule has 110 valence electrons. The second kappa shape index (κ2) is 10.2. The molecule has 4 nitrogen and oxygen atoms in total. The summed E-state index contributed by atoms with van der Waals surface area (Å²) in [5.74, 6) is -0.217. The van der Waals surface area contributed by atoms with Gasteiger partial charge in [0, 0.05) is 13.1 Å². The Balaban J connectivity index is 2.32. The molecule has 0 saturated heterocycles. The van der Waals surface area contributed by atoms with Gasteiger partial charge in [-0.3, -0.25) is 4.79 Å². The molecule has 0 bridgehead atoms. The van der Waals surface area contributed by atoms with E-state index in [1.807, 2.05) is 30.3 Å². The highest BCUT2D eigenvalue weighted by Crippen LogP contribution is 2.09. The summed E-state index contributed by atoms with van der Waals surface area (Å²) in [5.41, 5.74) is 2.11. The van der Waals surface area contributed by atoms with Crippen molar-refractivity contribution in [2.45, 2.75) is 19.4 Å². The number of ether oxygens (including phenoxy) is 2. The zero-order valence-corrected chi connectivity index (χ0v) is 12.1. The van der Waals surface area contributed by atoms with Crippen LogP contribution in [0.15, 0.2) is 36.9 Å². The van der Waals surface area contributed by atoms with E-state index in [1.54, 1.807) is 0 Å². The van der Waals surface area contributed by atoms with Crippen LogP contribution in [0.5, 0.6) is 0 Å². The Morgan fingerprint density at radius 2 is 2.05 bits per heavy atom. The Morgan fingerprint density at radius 3 is 2.75 bits per heavy atom. The van der Waals surface area contributed by atoms with Gasteiger partial charge in [-0.1, -0.05) is 30.3 Å². The lowest BCUT2D eigenvalue weighted by atomic mass is 10.0. The first-order valence-electron chi connectivity index (χ1n) is 6.81. The molecule has 0 aliphatic heterocycles. The van der Waals surface area contributed by atoms with Gasteiger partial charge in [-0.15, -0.1) is 6.58 Å². The van der Waals surface area contributed by atoms with Crippen molar-refractivity contribution in [3.8, 4) is 0 Å². The summed E-state index contributed by atoms with van der Waals surface area (Å²) in [6.45, 7) is 6.53. The Kier molecular flexibility index (Phi) is 8.35. The van der Waals surface area contributed by atoms with Crippen molar-refractivity contribution in [1.29, 1.82) is 0 Å². The summed E-state index contributed by atoms with van der Waals surface area (Å²) >= 11 is 0. The minimum atomic E-state index is -0.217. The number of benzene rings is 1. The van der Waals surface area contributed by atoms with Crippen LogP contribution in [-0.4, -0.2) is 32.8 Å². The maximum absolute atomic E-state index is 11.3. The van der Waals surface area contributed by atoms with Crippen molar-refractivity contribution in [2.75, 3.05) is 26.9 Å². The quantitative estimate of drug-likeness (QED) is 0.404. The summed E-state index contributed by atoms with van der Waals surface area (Å²) in [6.07, 6.45) is 3.03. The molecule has 0 aliphatic rings. The van der Waals surface area contributed by atoms with E-state index in [0.717, 1.165) is 30.6 Å². The summed E-state index contributed by atoms with van der Waals surface area (Å²) < 4.78 is 10.1. The average molecular weight is 277 g/mol. The van der Waals surface area contributed by atoms with Gasteiger partial charge in [0.25, 0.3) is 0 Å². The van der Waals surface area contributed by atoms with Gasteiger partial charge in [-0.05, 0) is 17.5 Å². The molecule has 4 heteroatoms. The first-order valence-corrected chi connectivity index (χ1v) is 6.81. The molecule has 0 saturated carbocycles. The van der Waals surface area contributed by atoms with E-state index < -0.39 is 0 Å². The van der Waals surface area contributed by atoms with E-state index in [9.17, 15) is 4.79 Å². The van der Waals surface area contributed by atoms with E-state index in [2.05, 4.69) is 11.9 Å². The maximum atomic E-state index is 11.3. The second-order valence-corrected chi connectivity index (χ2v) is 4.39. The molecule has 1 N–H and O–H groups in total. The molecule has 0 atom stereocenters. The van der Waals surface area contributed by atoms with Crippen LogP contribution in [0, 0.1) is 0 Å². The molecule has 1 aromatic carbocycles. The normalized spacial score (nSPS) is 10.2. The average Bonchev–Trinajstić information content (AvgIpc) is 2.47. The summed E-state index contributed by atoms with van der Waals surface area (Å²) in [4.78, 5) is 11.3. The molecule has 0 radical (unpaired) electrons. The number of methoxy groups -OCH3 is 1. The van der Waals surface area contributed by atoms with Crippen molar-refractivity contribution in [3.63, 3.8) is 0 Å². The van der Waals surface area contributed by atoms with Crippen LogP contribution in [-0.2, 0) is 27.2 Å². The largest absolute Gasteiger partial charge is 0.469 e. The summed E-state index contributed by atoms with van der Waals surface area (Å²) in [5, 5.41) is 3.31. The Hall–Kier alpha value is -1.65. The standard InChI is InChI=1S/C16H23NO3/c1-3-4-10-20-11-9-17-13-15-8-6-5-7-14(15)12-16(18)19-2/h3,5-8,17H,1,4,9-13H2,2H3. The van der Waals surface area contributed by atoms with Gasteiger partial charge in [-0.2, -0.15) is 0 Å². The third-order valence-corrected chi connectivity index (χ3v) is 2.89. The van der Waals surface area contributed by atoms with Crippen molar-refractivity contribution in [1.82, 2.24) is 5.32 Å². The van der Waals surface area contributed by atoms with Crippen LogP contribution in [0.1, 0.15) is 17.5 Å². The molecule has 0 aliphatic carbocycles. The van der Waals surface area contributed by atoms with Gasteiger partial charge < -0.3 is 14.8 Å². The monoisotopic (exact) mass is 277 g/mol. The topological polar surface area (TPSA) is 47.6 Å². The van der Waals surface area contributed by atoms with Crippen LogP contribution < -0.4 is 5.32 Å². The predicted octanol–water partition coefficient (Wildman–Crippen LogP) is 2.08. The fourth-order valence-electron chi connectivity index (χ4n) is 1.77. The Labute approximate surface area is 120 Å². The molecule has 0 spiro atoms. The number of hydrogen-bond acceptors (Lipinski definition) is 4. The van der Waals surface area contributed by atoms with E-state index in [1.165, 1.54) is 7.11 Å². The lowest BCUT2D eigenvalue weighted by Gasteiger charge is -2.10. The van der Waals surface area contributed by atoms with Gasteiger partial charge in [-0.25, -0.2) is 0 Å².